The summed E-state index contributed by atoms with van der Waals surface area (Å²) in [6, 6.07) is 3.99. The van der Waals surface area contributed by atoms with Crippen LogP contribution >= 0.6 is 0 Å². The molecule has 148 valence electrons. The second kappa shape index (κ2) is 7.83. The van der Waals surface area contributed by atoms with E-state index in [2.05, 4.69) is 4.98 Å². The fourth-order valence-corrected chi connectivity index (χ4v) is 4.92. The molecular weight excluding hydrogens is 346 g/mol. The lowest BCUT2D eigenvalue weighted by atomic mass is 9.66. The van der Waals surface area contributed by atoms with Gasteiger partial charge in [-0.15, -0.1) is 0 Å². The second-order valence-corrected chi connectivity index (χ2v) is 8.12. The van der Waals surface area contributed by atoms with Crippen LogP contribution < -0.4 is 0 Å². The summed E-state index contributed by atoms with van der Waals surface area (Å²) in [6.45, 7) is 3.90. The minimum atomic E-state index is -0.775. The number of hydrogen-bond acceptors (Lipinski definition) is 6. The predicted octanol–water partition coefficient (Wildman–Crippen LogP) is 0.528. The third kappa shape index (κ3) is 3.74. The van der Waals surface area contributed by atoms with Crippen LogP contribution in [0.3, 0.4) is 0 Å². The molecule has 4 rings (SSSR count). The van der Waals surface area contributed by atoms with Gasteiger partial charge in [-0.1, -0.05) is 0 Å². The van der Waals surface area contributed by atoms with E-state index in [9.17, 15) is 9.90 Å². The molecule has 1 aromatic rings. The van der Waals surface area contributed by atoms with Crippen molar-refractivity contribution in [3.63, 3.8) is 0 Å². The van der Waals surface area contributed by atoms with Gasteiger partial charge in [0.15, 0.2) is 0 Å². The van der Waals surface area contributed by atoms with Crippen LogP contribution in [0.5, 0.6) is 0 Å². The largest absolute Gasteiger partial charge is 0.389 e. The zero-order chi connectivity index (χ0) is 18.9. The summed E-state index contributed by atoms with van der Waals surface area (Å²) in [5.74, 6) is 0.0584. The lowest BCUT2D eigenvalue weighted by Gasteiger charge is -2.57. The monoisotopic (exact) mass is 375 g/mol. The quantitative estimate of drug-likeness (QED) is 0.827. The number of piperidine rings is 1. The molecule has 3 aliphatic rings. The zero-order valence-electron chi connectivity index (χ0n) is 15.9. The summed E-state index contributed by atoms with van der Waals surface area (Å²) in [5.41, 5.74) is 0.362. The highest BCUT2D eigenvalue weighted by Crippen LogP contribution is 2.44. The molecule has 0 spiro atoms. The zero-order valence-corrected chi connectivity index (χ0v) is 15.9. The average molecular weight is 375 g/mol. The third-order valence-electron chi connectivity index (χ3n) is 6.38. The normalized spacial score (nSPS) is 33.4. The highest BCUT2D eigenvalue weighted by molar-refractivity contribution is 5.79. The Morgan fingerprint density at radius 3 is 2.93 bits per heavy atom. The fraction of sp³-hybridized carbons (Fsp3) is 0.700. The summed E-state index contributed by atoms with van der Waals surface area (Å²) in [5, 5.41) is 11.3. The van der Waals surface area contributed by atoms with Gasteiger partial charge in [0.2, 0.25) is 5.91 Å². The summed E-state index contributed by atoms with van der Waals surface area (Å²) >= 11 is 0. The number of ether oxygens (including phenoxy) is 2. The molecule has 1 N–H and O–H groups in total. The van der Waals surface area contributed by atoms with Crippen molar-refractivity contribution in [3.8, 4) is 0 Å². The molecule has 3 saturated heterocycles. The number of amides is 1. The predicted molar refractivity (Wildman–Crippen MR) is 98.9 cm³/mol. The van der Waals surface area contributed by atoms with Crippen molar-refractivity contribution in [2.45, 2.75) is 31.0 Å². The Morgan fingerprint density at radius 1 is 1.33 bits per heavy atom. The molecule has 3 aliphatic heterocycles. The van der Waals surface area contributed by atoms with Crippen molar-refractivity contribution in [1.82, 2.24) is 14.8 Å². The molecule has 7 nitrogen and oxygen atoms in total. The standard InChI is InChI=1S/C20H29N3O4/c1-22(10-15-2-6-21-7-3-15)12-19(24)23-11-16-13-27-9-5-20(16,25)17-14-26-8-4-18(17)23/h2-3,6-7,16-18,25H,4-5,8-14H2,1H3/t16-,17+,18-,20-/m0/s1. The summed E-state index contributed by atoms with van der Waals surface area (Å²) in [4.78, 5) is 21.2. The van der Waals surface area contributed by atoms with E-state index in [-0.39, 0.29) is 23.8 Å². The van der Waals surface area contributed by atoms with Crippen molar-refractivity contribution < 1.29 is 19.4 Å². The molecule has 27 heavy (non-hydrogen) atoms. The number of aromatic nitrogens is 1. The molecule has 7 heteroatoms. The van der Waals surface area contributed by atoms with Crippen LogP contribution in [0.15, 0.2) is 24.5 Å². The van der Waals surface area contributed by atoms with Crippen LogP contribution in [0.25, 0.3) is 0 Å². The maximum absolute atomic E-state index is 13.1. The number of hydrogen-bond donors (Lipinski definition) is 1. The van der Waals surface area contributed by atoms with Crippen molar-refractivity contribution >= 4 is 5.91 Å². The summed E-state index contributed by atoms with van der Waals surface area (Å²) in [6.07, 6.45) is 4.96. The molecule has 4 heterocycles. The van der Waals surface area contributed by atoms with E-state index in [0.29, 0.717) is 52.5 Å². The van der Waals surface area contributed by atoms with Crippen molar-refractivity contribution in [2.24, 2.45) is 11.8 Å². The molecule has 0 bridgehead atoms. The van der Waals surface area contributed by atoms with E-state index in [1.54, 1.807) is 12.4 Å². The number of likely N-dealkylation sites (tertiary alicyclic amines) is 1. The Labute approximate surface area is 160 Å². The van der Waals surface area contributed by atoms with Gasteiger partial charge in [0.25, 0.3) is 0 Å². The maximum atomic E-state index is 13.1. The van der Waals surface area contributed by atoms with Crippen LogP contribution in [-0.2, 0) is 20.8 Å². The molecule has 0 saturated carbocycles. The van der Waals surface area contributed by atoms with E-state index in [1.165, 1.54) is 0 Å². The Morgan fingerprint density at radius 2 is 2.11 bits per heavy atom. The van der Waals surface area contributed by atoms with Gasteiger partial charge in [-0.05, 0) is 31.2 Å². The first-order valence-electron chi connectivity index (χ1n) is 9.82. The van der Waals surface area contributed by atoms with E-state index < -0.39 is 5.60 Å². The number of fused-ring (bicyclic) bond motifs is 3. The minimum absolute atomic E-state index is 0.0247. The number of nitrogens with zero attached hydrogens (tertiary/aromatic N) is 3. The Balaban J connectivity index is 1.46. The molecule has 4 atom stereocenters. The van der Waals surface area contributed by atoms with Crippen LogP contribution in [0.1, 0.15) is 18.4 Å². The molecule has 1 amide bonds. The van der Waals surface area contributed by atoms with Crippen molar-refractivity contribution in [3.05, 3.63) is 30.1 Å². The van der Waals surface area contributed by atoms with Crippen LogP contribution in [0.4, 0.5) is 0 Å². The van der Waals surface area contributed by atoms with Gasteiger partial charge in [0, 0.05) is 63.0 Å². The summed E-state index contributed by atoms with van der Waals surface area (Å²) in [7, 11) is 1.96. The number of carbonyl (C=O) groups excluding carboxylic acids is 1. The smallest absolute Gasteiger partial charge is 0.237 e. The maximum Gasteiger partial charge on any atom is 0.237 e. The first kappa shape index (κ1) is 18.8. The molecule has 0 unspecified atom stereocenters. The topological polar surface area (TPSA) is 75.1 Å². The van der Waals surface area contributed by atoms with Crippen LogP contribution in [0, 0.1) is 11.8 Å². The van der Waals surface area contributed by atoms with Gasteiger partial charge in [0.05, 0.1) is 25.4 Å². The van der Waals surface area contributed by atoms with E-state index in [1.807, 2.05) is 29.0 Å². The number of likely N-dealkylation sites (N-methyl/N-ethyl adjacent to an activating group) is 1. The SMILES string of the molecule is CN(CC(=O)N1C[C@H]2COCC[C@@]2(O)[C@@H]2COCC[C@@H]21)Cc1ccncc1. The van der Waals surface area contributed by atoms with Gasteiger partial charge in [0.1, 0.15) is 0 Å². The van der Waals surface area contributed by atoms with Crippen LogP contribution in [-0.4, -0.2) is 84.0 Å². The third-order valence-corrected chi connectivity index (χ3v) is 6.38. The Kier molecular flexibility index (Phi) is 5.45. The lowest BCUT2D eigenvalue weighted by molar-refractivity contribution is -0.219. The molecule has 3 fully saturated rings. The molecular formula is C20H29N3O4. The fourth-order valence-electron chi connectivity index (χ4n) is 4.92. The van der Waals surface area contributed by atoms with Gasteiger partial charge < -0.3 is 19.5 Å². The van der Waals surface area contributed by atoms with Gasteiger partial charge >= 0.3 is 0 Å². The first-order chi connectivity index (χ1) is 13.1. The van der Waals surface area contributed by atoms with Gasteiger partial charge in [-0.2, -0.15) is 0 Å². The summed E-state index contributed by atoms with van der Waals surface area (Å²) < 4.78 is 11.3. The average Bonchev–Trinajstić information content (AvgIpc) is 2.68. The molecule has 0 aliphatic carbocycles. The highest BCUT2D eigenvalue weighted by Gasteiger charge is 2.56. The van der Waals surface area contributed by atoms with Crippen molar-refractivity contribution in [2.75, 3.05) is 46.6 Å². The Hall–Kier alpha value is -1.54. The number of aliphatic hydroxyl groups is 1. The number of carbonyl (C=O) groups is 1. The van der Waals surface area contributed by atoms with Crippen molar-refractivity contribution in [1.29, 1.82) is 0 Å². The lowest BCUT2D eigenvalue weighted by Crippen LogP contribution is -2.69. The van der Waals surface area contributed by atoms with Gasteiger partial charge in [-0.25, -0.2) is 0 Å². The van der Waals surface area contributed by atoms with E-state index >= 15 is 0 Å². The van der Waals surface area contributed by atoms with E-state index in [0.717, 1.165) is 12.0 Å². The van der Waals surface area contributed by atoms with Gasteiger partial charge in [-0.3, -0.25) is 14.7 Å². The molecule has 1 aromatic heterocycles. The minimum Gasteiger partial charge on any atom is -0.389 e. The molecule has 0 aromatic carbocycles. The first-order valence-corrected chi connectivity index (χ1v) is 9.82. The highest BCUT2D eigenvalue weighted by atomic mass is 16.5. The number of pyridine rings is 1. The Bertz CT molecular complexity index is 658. The molecule has 0 radical (unpaired) electrons. The second-order valence-electron chi connectivity index (χ2n) is 8.12. The number of rotatable bonds is 4. The van der Waals surface area contributed by atoms with Crippen LogP contribution in [0.2, 0.25) is 0 Å². The van der Waals surface area contributed by atoms with E-state index in [4.69, 9.17) is 9.47 Å².